The Balaban J connectivity index is 1.77. The predicted octanol–water partition coefficient (Wildman–Crippen LogP) is 3.35. The molecule has 25 heavy (non-hydrogen) atoms. The van der Waals surface area contributed by atoms with Gasteiger partial charge in [0.1, 0.15) is 22.8 Å². The van der Waals surface area contributed by atoms with Crippen molar-refractivity contribution < 1.29 is 23.0 Å². The van der Waals surface area contributed by atoms with E-state index in [1.165, 1.54) is 32.4 Å². The Labute approximate surface area is 145 Å². The molecule has 0 unspecified atom stereocenters. The molecule has 0 saturated carbocycles. The SMILES string of the molecule is COc1cc(OC)cc(C(=O)NNc2nc3c(F)cc(F)cc3s2)c1. The third-order valence-electron chi connectivity index (χ3n) is 3.31. The van der Waals surface area contributed by atoms with Gasteiger partial charge in [0.05, 0.1) is 18.9 Å². The van der Waals surface area contributed by atoms with Gasteiger partial charge in [0.15, 0.2) is 5.82 Å². The molecule has 0 spiro atoms. The van der Waals surface area contributed by atoms with Crippen LogP contribution in [0, 0.1) is 11.6 Å². The van der Waals surface area contributed by atoms with Crippen molar-refractivity contribution in [3.05, 3.63) is 47.5 Å². The molecule has 3 aromatic rings. The number of hydrogen-bond acceptors (Lipinski definition) is 6. The Morgan fingerprint density at radius 1 is 1.08 bits per heavy atom. The van der Waals surface area contributed by atoms with E-state index in [-0.39, 0.29) is 10.6 Å². The molecule has 1 amide bonds. The normalized spacial score (nSPS) is 10.6. The molecule has 0 atom stereocenters. The van der Waals surface area contributed by atoms with Crippen molar-refractivity contribution in [1.82, 2.24) is 10.4 Å². The lowest BCUT2D eigenvalue weighted by Crippen LogP contribution is -2.29. The maximum absolute atomic E-state index is 13.7. The molecule has 130 valence electrons. The van der Waals surface area contributed by atoms with Crippen molar-refractivity contribution in [3.8, 4) is 11.5 Å². The number of hydrogen-bond donors (Lipinski definition) is 2. The van der Waals surface area contributed by atoms with Crippen molar-refractivity contribution in [3.63, 3.8) is 0 Å². The summed E-state index contributed by atoms with van der Waals surface area (Å²) < 4.78 is 37.4. The molecule has 0 fully saturated rings. The number of fused-ring (bicyclic) bond motifs is 1. The summed E-state index contributed by atoms with van der Waals surface area (Å²) in [5.41, 5.74) is 5.36. The standard InChI is InChI=1S/C16H13F2N3O3S/c1-23-10-3-8(4-11(7-10)24-2)15(22)20-21-16-19-14-12(18)5-9(17)6-13(14)25-16/h3-7H,1-2H3,(H,19,21)(H,20,22). The van der Waals surface area contributed by atoms with Crippen LogP contribution in [-0.4, -0.2) is 25.1 Å². The molecule has 0 aliphatic rings. The van der Waals surface area contributed by atoms with Crippen LogP contribution in [0.5, 0.6) is 11.5 Å². The minimum absolute atomic E-state index is 0.0335. The summed E-state index contributed by atoms with van der Waals surface area (Å²) in [5, 5.41) is 0.225. The van der Waals surface area contributed by atoms with Crippen LogP contribution < -0.4 is 20.3 Å². The van der Waals surface area contributed by atoms with Crippen LogP contribution in [0.3, 0.4) is 0 Å². The highest BCUT2D eigenvalue weighted by Gasteiger charge is 2.13. The minimum Gasteiger partial charge on any atom is -0.497 e. The Hall–Kier alpha value is -2.94. The molecule has 0 saturated heterocycles. The highest BCUT2D eigenvalue weighted by molar-refractivity contribution is 7.22. The van der Waals surface area contributed by atoms with Crippen molar-refractivity contribution in [2.24, 2.45) is 0 Å². The Kier molecular flexibility index (Phi) is 4.66. The van der Waals surface area contributed by atoms with Gasteiger partial charge in [-0.3, -0.25) is 15.6 Å². The summed E-state index contributed by atoms with van der Waals surface area (Å²) in [4.78, 5) is 16.2. The average molecular weight is 365 g/mol. The van der Waals surface area contributed by atoms with E-state index in [0.29, 0.717) is 21.8 Å². The number of carbonyl (C=O) groups is 1. The fourth-order valence-electron chi connectivity index (χ4n) is 2.13. The highest BCUT2D eigenvalue weighted by Crippen LogP contribution is 2.28. The van der Waals surface area contributed by atoms with Gasteiger partial charge in [0, 0.05) is 17.7 Å². The van der Waals surface area contributed by atoms with Crippen molar-refractivity contribution in [2.75, 3.05) is 19.6 Å². The molecular weight excluding hydrogens is 352 g/mol. The third kappa shape index (κ3) is 3.61. The summed E-state index contributed by atoms with van der Waals surface area (Å²) in [6.45, 7) is 0. The van der Waals surface area contributed by atoms with E-state index in [1.54, 1.807) is 6.07 Å². The molecule has 1 aromatic heterocycles. The second-order valence-corrected chi connectivity index (χ2v) is 5.96. The zero-order chi connectivity index (χ0) is 18.0. The van der Waals surface area contributed by atoms with E-state index in [1.807, 2.05) is 0 Å². The third-order valence-corrected chi connectivity index (χ3v) is 4.23. The topological polar surface area (TPSA) is 72.5 Å². The lowest BCUT2D eigenvalue weighted by atomic mass is 10.2. The number of thiazole rings is 1. The molecule has 1 heterocycles. The second-order valence-electron chi connectivity index (χ2n) is 4.93. The monoisotopic (exact) mass is 365 g/mol. The number of anilines is 1. The van der Waals surface area contributed by atoms with Gasteiger partial charge in [0.2, 0.25) is 5.13 Å². The fourth-order valence-corrected chi connectivity index (χ4v) is 2.99. The molecule has 0 aliphatic heterocycles. The van der Waals surface area contributed by atoms with Gasteiger partial charge in [-0.15, -0.1) is 0 Å². The van der Waals surface area contributed by atoms with Gasteiger partial charge in [-0.25, -0.2) is 13.8 Å². The van der Waals surface area contributed by atoms with Gasteiger partial charge >= 0.3 is 0 Å². The molecule has 3 rings (SSSR count). The van der Waals surface area contributed by atoms with Gasteiger partial charge in [0.25, 0.3) is 5.91 Å². The number of amides is 1. The Morgan fingerprint density at radius 3 is 2.40 bits per heavy atom. The maximum atomic E-state index is 13.7. The van der Waals surface area contributed by atoms with Gasteiger partial charge in [-0.1, -0.05) is 11.3 Å². The number of benzene rings is 2. The van der Waals surface area contributed by atoms with E-state index >= 15 is 0 Å². The quantitative estimate of drug-likeness (QED) is 0.679. The predicted molar refractivity (Wildman–Crippen MR) is 90.2 cm³/mol. The number of carbonyl (C=O) groups excluding carboxylic acids is 1. The smallest absolute Gasteiger partial charge is 0.269 e. The van der Waals surface area contributed by atoms with Crippen LogP contribution in [0.1, 0.15) is 10.4 Å². The largest absolute Gasteiger partial charge is 0.497 e. The van der Waals surface area contributed by atoms with Gasteiger partial charge < -0.3 is 9.47 Å². The number of nitrogens with zero attached hydrogens (tertiary/aromatic N) is 1. The number of hydrazine groups is 1. The minimum atomic E-state index is -0.761. The Morgan fingerprint density at radius 2 is 1.76 bits per heavy atom. The molecule has 0 aliphatic carbocycles. The first-order valence-corrected chi connectivity index (χ1v) is 7.87. The zero-order valence-corrected chi connectivity index (χ0v) is 14.0. The van der Waals surface area contributed by atoms with Gasteiger partial charge in [-0.2, -0.15) is 0 Å². The summed E-state index contributed by atoms with van der Waals surface area (Å²) in [6, 6.07) is 6.64. The number of methoxy groups -OCH3 is 2. The van der Waals surface area contributed by atoms with E-state index < -0.39 is 17.5 Å². The van der Waals surface area contributed by atoms with Crippen molar-refractivity contribution in [2.45, 2.75) is 0 Å². The molecular formula is C16H13F2N3O3S. The first-order chi connectivity index (χ1) is 12.0. The van der Waals surface area contributed by atoms with E-state index in [9.17, 15) is 13.6 Å². The lowest BCUT2D eigenvalue weighted by Gasteiger charge is -2.09. The number of nitrogens with one attached hydrogen (secondary N) is 2. The number of ether oxygens (including phenoxy) is 2. The highest BCUT2D eigenvalue weighted by atomic mass is 32.1. The van der Waals surface area contributed by atoms with E-state index in [0.717, 1.165) is 17.4 Å². The van der Waals surface area contributed by atoms with Crippen LogP contribution in [0.4, 0.5) is 13.9 Å². The lowest BCUT2D eigenvalue weighted by molar-refractivity contribution is 0.0962. The van der Waals surface area contributed by atoms with Crippen LogP contribution in [-0.2, 0) is 0 Å². The molecule has 9 heteroatoms. The molecule has 0 bridgehead atoms. The summed E-state index contributed by atoms with van der Waals surface area (Å²) in [5.74, 6) is -0.997. The Bertz CT molecular complexity index is 924. The van der Waals surface area contributed by atoms with Crippen LogP contribution in [0.2, 0.25) is 0 Å². The van der Waals surface area contributed by atoms with Crippen LogP contribution >= 0.6 is 11.3 Å². The summed E-state index contributed by atoms with van der Waals surface area (Å²) in [6.07, 6.45) is 0. The number of halogens is 2. The van der Waals surface area contributed by atoms with Crippen molar-refractivity contribution >= 4 is 32.6 Å². The van der Waals surface area contributed by atoms with E-state index in [4.69, 9.17) is 9.47 Å². The number of aromatic nitrogens is 1. The van der Waals surface area contributed by atoms with Crippen molar-refractivity contribution in [1.29, 1.82) is 0 Å². The second kappa shape index (κ2) is 6.89. The summed E-state index contributed by atoms with van der Waals surface area (Å²) in [7, 11) is 2.95. The van der Waals surface area contributed by atoms with Gasteiger partial charge in [-0.05, 0) is 18.2 Å². The molecule has 6 nitrogen and oxygen atoms in total. The maximum Gasteiger partial charge on any atom is 0.269 e. The summed E-state index contributed by atoms with van der Waals surface area (Å²) >= 11 is 1.01. The average Bonchev–Trinajstić information content (AvgIpc) is 3.02. The van der Waals surface area contributed by atoms with Crippen LogP contribution in [0.15, 0.2) is 30.3 Å². The number of rotatable bonds is 5. The molecule has 0 radical (unpaired) electrons. The molecule has 2 aromatic carbocycles. The van der Waals surface area contributed by atoms with Crippen LogP contribution in [0.25, 0.3) is 10.2 Å². The first kappa shape index (κ1) is 16.9. The first-order valence-electron chi connectivity index (χ1n) is 7.05. The fraction of sp³-hybridized carbons (Fsp3) is 0.125. The zero-order valence-electron chi connectivity index (χ0n) is 13.2. The van der Waals surface area contributed by atoms with E-state index in [2.05, 4.69) is 15.8 Å². The molecule has 2 N–H and O–H groups in total.